The topological polar surface area (TPSA) is 102 Å². The maximum Gasteiger partial charge on any atom is 0.261 e. The van der Waals surface area contributed by atoms with E-state index in [1.807, 2.05) is 13.0 Å². The predicted molar refractivity (Wildman–Crippen MR) is 87.2 cm³/mol. The molecule has 1 aromatic rings. The highest BCUT2D eigenvalue weighted by Crippen LogP contribution is 2.12. The summed E-state index contributed by atoms with van der Waals surface area (Å²) in [5, 5.41) is 23.6. The molecule has 1 rings (SSSR count). The van der Waals surface area contributed by atoms with E-state index < -0.39 is 5.91 Å². The molecule has 122 valence electrons. The number of hydrogen-bond acceptors (Lipinski definition) is 4. The molecule has 0 saturated heterocycles. The number of carbonyl (C=O) groups excluding carboxylic acids is 2. The third kappa shape index (κ3) is 7.14. The van der Waals surface area contributed by atoms with Gasteiger partial charge in [-0.15, -0.1) is 0 Å². The number of nitrogens with one attached hydrogen (secondary N) is 2. The average molecular weight is 315 g/mol. The lowest BCUT2D eigenvalue weighted by Gasteiger charge is -2.06. The lowest BCUT2D eigenvalue weighted by atomic mass is 10.1. The molecule has 2 amide bonds. The number of unbranched alkanes of at least 4 members (excludes halogenated alkanes) is 1. The van der Waals surface area contributed by atoms with Gasteiger partial charge >= 0.3 is 0 Å². The maximum atomic E-state index is 11.9. The van der Waals surface area contributed by atoms with Crippen molar-refractivity contribution in [2.75, 3.05) is 13.1 Å². The highest BCUT2D eigenvalue weighted by molar-refractivity contribution is 6.01. The summed E-state index contributed by atoms with van der Waals surface area (Å²) in [5.41, 5.74) is 0.578. The minimum Gasteiger partial charge on any atom is -0.508 e. The van der Waals surface area contributed by atoms with Crippen molar-refractivity contribution in [3.63, 3.8) is 0 Å². The Balaban J connectivity index is 2.47. The van der Waals surface area contributed by atoms with Crippen LogP contribution in [-0.2, 0) is 9.59 Å². The first-order valence-corrected chi connectivity index (χ1v) is 7.52. The summed E-state index contributed by atoms with van der Waals surface area (Å²) < 4.78 is 0. The Morgan fingerprint density at radius 3 is 2.52 bits per heavy atom. The van der Waals surface area contributed by atoms with Crippen LogP contribution >= 0.6 is 0 Å². The minimum atomic E-state index is -0.526. The average Bonchev–Trinajstić information content (AvgIpc) is 2.54. The monoisotopic (exact) mass is 315 g/mol. The smallest absolute Gasteiger partial charge is 0.261 e. The third-order valence-electron chi connectivity index (χ3n) is 3.06. The fourth-order valence-corrected chi connectivity index (χ4v) is 1.76. The van der Waals surface area contributed by atoms with Gasteiger partial charge in [-0.05, 0) is 30.2 Å². The molecule has 0 atom stereocenters. The first kappa shape index (κ1) is 18.2. The highest BCUT2D eigenvalue weighted by Gasteiger charge is 2.09. The van der Waals surface area contributed by atoms with Crippen LogP contribution in [0.1, 0.15) is 31.7 Å². The first-order valence-electron chi connectivity index (χ1n) is 7.52. The molecule has 0 radical (unpaired) electrons. The van der Waals surface area contributed by atoms with Gasteiger partial charge in [0.25, 0.3) is 5.91 Å². The Hall–Kier alpha value is -2.81. The van der Waals surface area contributed by atoms with Crippen molar-refractivity contribution >= 4 is 17.9 Å². The number of amides is 2. The summed E-state index contributed by atoms with van der Waals surface area (Å²) in [4.78, 5) is 23.4. The van der Waals surface area contributed by atoms with Crippen molar-refractivity contribution < 1.29 is 14.7 Å². The molecule has 6 heteroatoms. The van der Waals surface area contributed by atoms with E-state index in [0.717, 1.165) is 12.8 Å². The van der Waals surface area contributed by atoms with Crippen molar-refractivity contribution in [3.8, 4) is 11.8 Å². The normalized spacial score (nSPS) is 10.7. The maximum absolute atomic E-state index is 11.9. The molecular weight excluding hydrogens is 294 g/mol. The second-order valence-electron chi connectivity index (χ2n) is 4.97. The Kier molecular flexibility index (Phi) is 7.94. The Labute approximate surface area is 135 Å². The van der Waals surface area contributed by atoms with Crippen molar-refractivity contribution in [2.24, 2.45) is 0 Å². The number of nitriles is 1. The van der Waals surface area contributed by atoms with E-state index in [9.17, 15) is 14.7 Å². The Morgan fingerprint density at radius 1 is 1.22 bits per heavy atom. The lowest BCUT2D eigenvalue weighted by Crippen LogP contribution is -2.31. The first-order chi connectivity index (χ1) is 11.1. The van der Waals surface area contributed by atoms with Crippen LogP contribution < -0.4 is 10.6 Å². The molecule has 0 unspecified atom stereocenters. The zero-order valence-corrected chi connectivity index (χ0v) is 13.1. The molecular formula is C17H21N3O3. The number of nitrogens with zero attached hydrogens (tertiary/aromatic N) is 1. The van der Waals surface area contributed by atoms with Gasteiger partial charge in [0, 0.05) is 19.5 Å². The predicted octanol–water partition coefficient (Wildman–Crippen LogP) is 1.72. The molecule has 1 aromatic carbocycles. The van der Waals surface area contributed by atoms with Crippen LogP contribution in [0.2, 0.25) is 0 Å². The molecule has 0 spiro atoms. The largest absolute Gasteiger partial charge is 0.508 e. The number of rotatable bonds is 8. The lowest BCUT2D eigenvalue weighted by molar-refractivity contribution is -0.121. The van der Waals surface area contributed by atoms with Gasteiger partial charge in [-0.25, -0.2) is 0 Å². The molecule has 0 saturated carbocycles. The van der Waals surface area contributed by atoms with Crippen LogP contribution in [0.15, 0.2) is 29.8 Å². The molecule has 6 nitrogen and oxygen atoms in total. The van der Waals surface area contributed by atoms with Crippen LogP contribution in [0, 0.1) is 11.3 Å². The van der Waals surface area contributed by atoms with E-state index in [2.05, 4.69) is 10.6 Å². The van der Waals surface area contributed by atoms with Crippen LogP contribution in [0.4, 0.5) is 0 Å². The minimum absolute atomic E-state index is 0.0536. The molecule has 0 heterocycles. The fraction of sp³-hybridized carbons (Fsp3) is 0.353. The van der Waals surface area contributed by atoms with Crippen LogP contribution in [0.25, 0.3) is 6.08 Å². The van der Waals surface area contributed by atoms with Gasteiger partial charge in [-0.2, -0.15) is 5.26 Å². The second-order valence-corrected chi connectivity index (χ2v) is 4.97. The van der Waals surface area contributed by atoms with Crippen molar-refractivity contribution in [1.29, 1.82) is 5.26 Å². The van der Waals surface area contributed by atoms with Crippen molar-refractivity contribution in [3.05, 3.63) is 35.4 Å². The number of phenolic OH excluding ortho intramolecular Hbond substituents is 1. The van der Waals surface area contributed by atoms with E-state index in [1.54, 1.807) is 12.1 Å². The standard InChI is InChI=1S/C17H21N3O3/c1-2-3-9-19-16(22)8-10-20-17(23)14(12-18)11-13-4-6-15(21)7-5-13/h4-7,11,21H,2-3,8-10H2,1H3,(H,19,22)(H,20,23)/b14-11+. The van der Waals surface area contributed by atoms with Gasteiger partial charge in [0.05, 0.1) is 0 Å². The number of carbonyl (C=O) groups is 2. The highest BCUT2D eigenvalue weighted by atomic mass is 16.3. The van der Waals surface area contributed by atoms with Gasteiger partial charge in [0.15, 0.2) is 0 Å². The van der Waals surface area contributed by atoms with Crippen molar-refractivity contribution in [2.45, 2.75) is 26.2 Å². The zero-order chi connectivity index (χ0) is 17.1. The Bertz CT molecular complexity index is 601. The van der Waals surface area contributed by atoms with Gasteiger partial charge in [0.1, 0.15) is 17.4 Å². The third-order valence-corrected chi connectivity index (χ3v) is 3.06. The SMILES string of the molecule is CCCCNC(=O)CCNC(=O)/C(C#N)=C/c1ccc(O)cc1. The molecule has 0 fully saturated rings. The summed E-state index contributed by atoms with van der Waals surface area (Å²) >= 11 is 0. The van der Waals surface area contributed by atoms with Gasteiger partial charge in [-0.1, -0.05) is 25.5 Å². The van der Waals surface area contributed by atoms with Gasteiger partial charge in [0.2, 0.25) is 5.91 Å². The second kappa shape index (κ2) is 10.0. The molecule has 0 aliphatic rings. The fourth-order valence-electron chi connectivity index (χ4n) is 1.76. The van der Waals surface area contributed by atoms with Gasteiger partial charge in [-0.3, -0.25) is 9.59 Å². The van der Waals surface area contributed by atoms with E-state index in [-0.39, 0.29) is 30.2 Å². The zero-order valence-electron chi connectivity index (χ0n) is 13.1. The van der Waals surface area contributed by atoms with Crippen molar-refractivity contribution in [1.82, 2.24) is 10.6 Å². The van der Waals surface area contributed by atoms with E-state index in [4.69, 9.17) is 5.26 Å². The summed E-state index contributed by atoms with van der Waals surface area (Å²) in [6.45, 7) is 2.84. The summed E-state index contributed by atoms with van der Waals surface area (Å²) in [5.74, 6) is -0.541. The molecule has 0 aliphatic heterocycles. The summed E-state index contributed by atoms with van der Waals surface area (Å²) in [6.07, 6.45) is 3.53. The quantitative estimate of drug-likeness (QED) is 0.386. The number of aromatic hydroxyl groups is 1. The van der Waals surface area contributed by atoms with Crippen LogP contribution in [0.5, 0.6) is 5.75 Å². The molecule has 0 bridgehead atoms. The molecule has 3 N–H and O–H groups in total. The Morgan fingerprint density at radius 2 is 1.91 bits per heavy atom. The molecule has 0 aromatic heterocycles. The van der Waals surface area contributed by atoms with E-state index in [0.29, 0.717) is 12.1 Å². The molecule has 0 aliphatic carbocycles. The summed E-state index contributed by atoms with van der Waals surface area (Å²) in [6, 6.07) is 7.97. The summed E-state index contributed by atoms with van der Waals surface area (Å²) in [7, 11) is 0. The number of hydrogen-bond donors (Lipinski definition) is 3. The van der Waals surface area contributed by atoms with E-state index in [1.165, 1.54) is 18.2 Å². The van der Waals surface area contributed by atoms with Gasteiger partial charge < -0.3 is 15.7 Å². The van der Waals surface area contributed by atoms with Crippen LogP contribution in [-0.4, -0.2) is 30.0 Å². The molecule has 23 heavy (non-hydrogen) atoms. The van der Waals surface area contributed by atoms with E-state index >= 15 is 0 Å². The van der Waals surface area contributed by atoms with Crippen LogP contribution in [0.3, 0.4) is 0 Å². The number of benzene rings is 1. The number of phenols is 1.